The van der Waals surface area contributed by atoms with Crippen LogP contribution in [0.25, 0.3) is 10.9 Å². The quantitative estimate of drug-likeness (QED) is 0.694. The first-order valence-corrected chi connectivity index (χ1v) is 8.25. The van der Waals surface area contributed by atoms with E-state index in [0.717, 1.165) is 32.0 Å². The molecule has 3 N–H and O–H groups in total. The molecule has 1 aromatic carbocycles. The van der Waals surface area contributed by atoms with E-state index in [4.69, 9.17) is 0 Å². The number of aromatic amines is 1. The standard InChI is InChI=1S/C18H23N5/c1-12-13(2)22-17-4-3-14(7-16(12)17)8-19-9-15-10-20-18-5-6-21-23(18)11-15/h3-7,15,19-20,22H,8-11H2,1-2H3. The van der Waals surface area contributed by atoms with Crippen LogP contribution in [0.1, 0.15) is 16.8 Å². The van der Waals surface area contributed by atoms with E-state index in [1.54, 1.807) is 0 Å². The molecule has 4 rings (SSSR count). The Morgan fingerprint density at radius 3 is 3.13 bits per heavy atom. The summed E-state index contributed by atoms with van der Waals surface area (Å²) in [4.78, 5) is 3.43. The SMILES string of the molecule is Cc1[nH]c2ccc(CNCC3CNc4ccnn4C3)cc2c1C. The fraction of sp³-hybridized carbons (Fsp3) is 0.389. The summed E-state index contributed by atoms with van der Waals surface area (Å²) in [6, 6.07) is 8.71. The maximum absolute atomic E-state index is 4.34. The van der Waals surface area contributed by atoms with Crippen molar-refractivity contribution < 1.29 is 0 Å². The van der Waals surface area contributed by atoms with Gasteiger partial charge in [0.25, 0.3) is 0 Å². The van der Waals surface area contributed by atoms with Gasteiger partial charge < -0.3 is 15.6 Å². The Labute approximate surface area is 136 Å². The third-order valence-corrected chi connectivity index (χ3v) is 4.85. The molecule has 1 unspecified atom stereocenters. The van der Waals surface area contributed by atoms with Gasteiger partial charge in [-0.3, -0.25) is 0 Å². The lowest BCUT2D eigenvalue weighted by Crippen LogP contribution is -2.35. The van der Waals surface area contributed by atoms with Crippen LogP contribution >= 0.6 is 0 Å². The van der Waals surface area contributed by atoms with Crippen LogP contribution < -0.4 is 10.6 Å². The van der Waals surface area contributed by atoms with Crippen LogP contribution in [0, 0.1) is 19.8 Å². The summed E-state index contributed by atoms with van der Waals surface area (Å²) in [6.45, 7) is 8.20. The molecule has 0 fully saturated rings. The van der Waals surface area contributed by atoms with Crippen LogP contribution in [0.3, 0.4) is 0 Å². The van der Waals surface area contributed by atoms with Gasteiger partial charge in [-0.05, 0) is 37.1 Å². The number of benzene rings is 1. The molecule has 23 heavy (non-hydrogen) atoms. The number of aryl methyl sites for hydroxylation is 2. The van der Waals surface area contributed by atoms with E-state index in [9.17, 15) is 0 Å². The maximum atomic E-state index is 4.34. The Bertz CT molecular complexity index is 829. The van der Waals surface area contributed by atoms with Gasteiger partial charge in [-0.2, -0.15) is 5.10 Å². The number of aromatic nitrogens is 3. The lowest BCUT2D eigenvalue weighted by molar-refractivity contribution is 0.391. The average molecular weight is 309 g/mol. The number of hydrogen-bond donors (Lipinski definition) is 3. The van der Waals surface area contributed by atoms with Crippen molar-refractivity contribution in [3.05, 3.63) is 47.3 Å². The number of rotatable bonds is 4. The first kappa shape index (κ1) is 14.3. The largest absolute Gasteiger partial charge is 0.370 e. The average Bonchev–Trinajstić information content (AvgIpc) is 3.13. The molecule has 0 spiro atoms. The Hall–Kier alpha value is -2.27. The van der Waals surface area contributed by atoms with Crippen LogP contribution in [-0.2, 0) is 13.1 Å². The van der Waals surface area contributed by atoms with Crippen molar-refractivity contribution in [3.8, 4) is 0 Å². The highest BCUT2D eigenvalue weighted by molar-refractivity contribution is 5.84. The van der Waals surface area contributed by atoms with Crippen LogP contribution in [-0.4, -0.2) is 27.9 Å². The minimum absolute atomic E-state index is 0.572. The molecule has 120 valence electrons. The minimum Gasteiger partial charge on any atom is -0.370 e. The molecule has 3 heterocycles. The monoisotopic (exact) mass is 309 g/mol. The van der Waals surface area contributed by atoms with Crippen LogP contribution in [0.4, 0.5) is 5.82 Å². The number of nitrogens with zero attached hydrogens (tertiary/aromatic N) is 2. The number of nitrogens with one attached hydrogen (secondary N) is 3. The molecule has 0 amide bonds. The fourth-order valence-electron chi connectivity index (χ4n) is 3.36. The molecular weight excluding hydrogens is 286 g/mol. The van der Waals surface area contributed by atoms with E-state index in [-0.39, 0.29) is 0 Å². The van der Waals surface area contributed by atoms with Crippen LogP contribution in [0.5, 0.6) is 0 Å². The Morgan fingerprint density at radius 2 is 2.22 bits per heavy atom. The van der Waals surface area contributed by atoms with E-state index in [2.05, 4.69) is 52.8 Å². The van der Waals surface area contributed by atoms with Gasteiger partial charge in [-0.25, -0.2) is 4.68 Å². The van der Waals surface area contributed by atoms with Crippen molar-refractivity contribution >= 4 is 16.7 Å². The molecule has 1 atom stereocenters. The van der Waals surface area contributed by atoms with Crippen molar-refractivity contribution in [2.24, 2.45) is 5.92 Å². The Balaban J connectivity index is 1.37. The zero-order chi connectivity index (χ0) is 15.8. The third kappa shape index (κ3) is 2.72. The third-order valence-electron chi connectivity index (χ3n) is 4.85. The lowest BCUT2D eigenvalue weighted by Gasteiger charge is -2.25. The normalized spacial score (nSPS) is 17.2. The second-order valence-corrected chi connectivity index (χ2v) is 6.53. The second-order valence-electron chi connectivity index (χ2n) is 6.53. The van der Waals surface area contributed by atoms with Crippen molar-refractivity contribution in [2.75, 3.05) is 18.4 Å². The smallest absolute Gasteiger partial charge is 0.124 e. The van der Waals surface area contributed by atoms with Crippen molar-refractivity contribution in [3.63, 3.8) is 0 Å². The molecule has 0 radical (unpaired) electrons. The summed E-state index contributed by atoms with van der Waals surface area (Å²) < 4.78 is 2.05. The predicted molar refractivity (Wildman–Crippen MR) is 93.7 cm³/mol. The molecule has 5 nitrogen and oxygen atoms in total. The molecule has 0 bridgehead atoms. The number of H-pyrrole nitrogens is 1. The molecule has 0 saturated heterocycles. The molecule has 1 aliphatic heterocycles. The molecule has 2 aromatic heterocycles. The number of hydrogen-bond acceptors (Lipinski definition) is 3. The summed E-state index contributed by atoms with van der Waals surface area (Å²) in [5.74, 6) is 1.70. The number of fused-ring (bicyclic) bond motifs is 2. The van der Waals surface area contributed by atoms with E-state index in [1.165, 1.54) is 27.7 Å². The van der Waals surface area contributed by atoms with Crippen molar-refractivity contribution in [1.29, 1.82) is 0 Å². The van der Waals surface area contributed by atoms with Gasteiger partial charge in [-0.15, -0.1) is 0 Å². The van der Waals surface area contributed by atoms with Gasteiger partial charge in [0, 0.05) is 54.8 Å². The Kier molecular flexibility index (Phi) is 3.58. The van der Waals surface area contributed by atoms with Crippen LogP contribution in [0.2, 0.25) is 0 Å². The summed E-state index contributed by atoms with van der Waals surface area (Å²) >= 11 is 0. The molecule has 3 aromatic rings. The van der Waals surface area contributed by atoms with Gasteiger partial charge in [0.15, 0.2) is 0 Å². The molecule has 5 heteroatoms. The van der Waals surface area contributed by atoms with E-state index in [1.807, 2.05) is 16.9 Å². The van der Waals surface area contributed by atoms with Gasteiger partial charge in [0.05, 0.1) is 6.20 Å². The topological polar surface area (TPSA) is 57.7 Å². The molecule has 0 saturated carbocycles. The second kappa shape index (κ2) is 5.74. The summed E-state index contributed by atoms with van der Waals surface area (Å²) in [5, 5.41) is 12.7. The Morgan fingerprint density at radius 1 is 1.30 bits per heavy atom. The van der Waals surface area contributed by atoms with Crippen molar-refractivity contribution in [1.82, 2.24) is 20.1 Å². The zero-order valence-corrected chi connectivity index (χ0v) is 13.7. The van der Waals surface area contributed by atoms with Gasteiger partial charge in [0.2, 0.25) is 0 Å². The highest BCUT2D eigenvalue weighted by atomic mass is 15.3. The lowest BCUT2D eigenvalue weighted by atomic mass is 10.1. The predicted octanol–water partition coefficient (Wildman–Crippen LogP) is 2.81. The van der Waals surface area contributed by atoms with E-state index in [0.29, 0.717) is 5.92 Å². The molecule has 1 aliphatic rings. The fourth-order valence-corrected chi connectivity index (χ4v) is 3.36. The summed E-state index contributed by atoms with van der Waals surface area (Å²) in [6.07, 6.45) is 1.86. The van der Waals surface area contributed by atoms with Crippen LogP contribution in [0.15, 0.2) is 30.5 Å². The first-order chi connectivity index (χ1) is 11.2. The summed E-state index contributed by atoms with van der Waals surface area (Å²) in [5.41, 5.74) is 5.17. The van der Waals surface area contributed by atoms with Gasteiger partial charge in [0.1, 0.15) is 5.82 Å². The molecule has 0 aliphatic carbocycles. The van der Waals surface area contributed by atoms with Gasteiger partial charge >= 0.3 is 0 Å². The first-order valence-electron chi connectivity index (χ1n) is 8.25. The molecular formula is C18H23N5. The van der Waals surface area contributed by atoms with Gasteiger partial charge in [-0.1, -0.05) is 6.07 Å². The minimum atomic E-state index is 0.572. The van der Waals surface area contributed by atoms with Crippen molar-refractivity contribution in [2.45, 2.75) is 26.9 Å². The zero-order valence-electron chi connectivity index (χ0n) is 13.7. The highest BCUT2D eigenvalue weighted by Crippen LogP contribution is 2.22. The van der Waals surface area contributed by atoms with E-state index >= 15 is 0 Å². The van der Waals surface area contributed by atoms with E-state index < -0.39 is 0 Å². The maximum Gasteiger partial charge on any atom is 0.124 e. The number of anilines is 1. The summed E-state index contributed by atoms with van der Waals surface area (Å²) in [7, 11) is 0. The highest BCUT2D eigenvalue weighted by Gasteiger charge is 2.17.